The predicted octanol–water partition coefficient (Wildman–Crippen LogP) is 0.685. The molecule has 7 heteroatoms. The molecular formula is C11H13N5OS. The van der Waals surface area contributed by atoms with Gasteiger partial charge in [-0.2, -0.15) is 0 Å². The minimum absolute atomic E-state index is 0.0500. The highest BCUT2D eigenvalue weighted by atomic mass is 32.2. The van der Waals surface area contributed by atoms with Crippen molar-refractivity contribution in [1.82, 2.24) is 14.8 Å². The highest BCUT2D eigenvalue weighted by Gasteiger charge is 2.05. The Balaban J connectivity index is 2.11. The quantitative estimate of drug-likeness (QED) is 0.429. The molecule has 6 nitrogen and oxygen atoms in total. The molecule has 0 aliphatic carbocycles. The molecule has 0 saturated heterocycles. The number of rotatable bonds is 4. The van der Waals surface area contributed by atoms with Crippen LogP contribution in [0.4, 0.5) is 0 Å². The van der Waals surface area contributed by atoms with Crippen LogP contribution >= 0.6 is 11.8 Å². The summed E-state index contributed by atoms with van der Waals surface area (Å²) in [4.78, 5) is 11.2. The topological polar surface area (TPSA) is 101 Å². The molecule has 0 aliphatic heterocycles. The van der Waals surface area contributed by atoms with Crippen LogP contribution in [0.25, 0.3) is 0 Å². The van der Waals surface area contributed by atoms with Crippen LogP contribution < -0.4 is 11.4 Å². The van der Waals surface area contributed by atoms with Gasteiger partial charge in [-0.1, -0.05) is 30.0 Å². The molecule has 0 unspecified atom stereocenters. The minimum atomic E-state index is -0.227. The summed E-state index contributed by atoms with van der Waals surface area (Å²) < 4.78 is 1.46. The second-order valence-corrected chi connectivity index (χ2v) is 4.72. The predicted molar refractivity (Wildman–Crippen MR) is 70.8 cm³/mol. The van der Waals surface area contributed by atoms with E-state index in [1.165, 1.54) is 16.3 Å². The van der Waals surface area contributed by atoms with E-state index in [2.05, 4.69) is 10.2 Å². The lowest BCUT2D eigenvalue weighted by Crippen LogP contribution is -2.13. The molecule has 4 N–H and O–H groups in total. The third kappa shape index (κ3) is 2.62. The molecule has 1 aromatic heterocycles. The van der Waals surface area contributed by atoms with Crippen molar-refractivity contribution in [1.29, 1.82) is 5.41 Å². The van der Waals surface area contributed by atoms with Crippen molar-refractivity contribution in [2.45, 2.75) is 10.9 Å². The molecular weight excluding hydrogens is 250 g/mol. The molecule has 0 spiro atoms. The van der Waals surface area contributed by atoms with Gasteiger partial charge in [0, 0.05) is 18.4 Å². The van der Waals surface area contributed by atoms with Gasteiger partial charge in [-0.25, -0.2) is 9.89 Å². The van der Waals surface area contributed by atoms with Crippen LogP contribution in [-0.2, 0) is 12.8 Å². The Bertz CT molecular complexity index is 630. The highest BCUT2D eigenvalue weighted by Crippen LogP contribution is 2.19. The second-order valence-electron chi connectivity index (χ2n) is 3.77. The zero-order chi connectivity index (χ0) is 13.1. The smallest absolute Gasteiger partial charge is 0.343 e. The zero-order valence-corrected chi connectivity index (χ0v) is 10.6. The van der Waals surface area contributed by atoms with E-state index in [0.717, 1.165) is 5.56 Å². The Labute approximate surface area is 108 Å². The van der Waals surface area contributed by atoms with Crippen molar-refractivity contribution in [3.8, 4) is 0 Å². The van der Waals surface area contributed by atoms with E-state index < -0.39 is 0 Å². The SMILES string of the molecule is Cn1c(SCc2cccc(C(=N)N)c2)n[nH]c1=O. The fraction of sp³-hybridized carbons (Fsp3) is 0.182. The summed E-state index contributed by atoms with van der Waals surface area (Å²) in [6.45, 7) is 0. The molecule has 94 valence electrons. The van der Waals surface area contributed by atoms with Gasteiger partial charge in [-0.05, 0) is 11.6 Å². The van der Waals surface area contributed by atoms with E-state index in [0.29, 0.717) is 16.5 Å². The van der Waals surface area contributed by atoms with E-state index in [-0.39, 0.29) is 11.5 Å². The summed E-state index contributed by atoms with van der Waals surface area (Å²) in [6, 6.07) is 7.46. The van der Waals surface area contributed by atoms with Crippen LogP contribution in [0.5, 0.6) is 0 Å². The lowest BCUT2D eigenvalue weighted by molar-refractivity contribution is 0.766. The van der Waals surface area contributed by atoms with Gasteiger partial charge in [0.05, 0.1) is 0 Å². The zero-order valence-electron chi connectivity index (χ0n) is 9.80. The largest absolute Gasteiger partial charge is 0.384 e. The summed E-state index contributed by atoms with van der Waals surface area (Å²) in [6.07, 6.45) is 0. The third-order valence-electron chi connectivity index (χ3n) is 2.44. The first-order chi connectivity index (χ1) is 8.58. The summed E-state index contributed by atoms with van der Waals surface area (Å²) in [7, 11) is 1.67. The number of benzene rings is 1. The average molecular weight is 263 g/mol. The number of nitrogens with zero attached hydrogens (tertiary/aromatic N) is 2. The van der Waals surface area contributed by atoms with Crippen molar-refractivity contribution < 1.29 is 0 Å². The number of H-pyrrole nitrogens is 1. The normalized spacial score (nSPS) is 10.5. The van der Waals surface area contributed by atoms with Crippen LogP contribution in [0, 0.1) is 5.41 Å². The second kappa shape index (κ2) is 5.09. The number of amidine groups is 1. The number of hydrogen-bond acceptors (Lipinski definition) is 4. The third-order valence-corrected chi connectivity index (χ3v) is 3.55. The monoisotopic (exact) mass is 263 g/mol. The summed E-state index contributed by atoms with van der Waals surface area (Å²) in [5.74, 6) is 0.716. The van der Waals surface area contributed by atoms with Gasteiger partial charge in [-0.3, -0.25) is 9.98 Å². The number of nitrogens with two attached hydrogens (primary N) is 1. The van der Waals surface area contributed by atoms with Crippen LogP contribution in [0.3, 0.4) is 0 Å². The fourth-order valence-corrected chi connectivity index (χ4v) is 2.30. The first kappa shape index (κ1) is 12.4. The van der Waals surface area contributed by atoms with Crippen LogP contribution in [0.1, 0.15) is 11.1 Å². The summed E-state index contributed by atoms with van der Waals surface area (Å²) in [5, 5.41) is 14.3. The average Bonchev–Trinajstić information content (AvgIpc) is 2.68. The van der Waals surface area contributed by atoms with Gasteiger partial charge >= 0.3 is 5.69 Å². The van der Waals surface area contributed by atoms with Crippen molar-refractivity contribution in [2.24, 2.45) is 12.8 Å². The van der Waals surface area contributed by atoms with Gasteiger partial charge in [0.2, 0.25) is 0 Å². The van der Waals surface area contributed by atoms with Crippen molar-refractivity contribution in [3.05, 3.63) is 45.9 Å². The summed E-state index contributed by atoms with van der Waals surface area (Å²) >= 11 is 1.45. The maximum absolute atomic E-state index is 11.2. The van der Waals surface area contributed by atoms with Gasteiger partial charge in [-0.15, -0.1) is 5.10 Å². The minimum Gasteiger partial charge on any atom is -0.384 e. The van der Waals surface area contributed by atoms with E-state index in [9.17, 15) is 4.79 Å². The highest BCUT2D eigenvalue weighted by molar-refractivity contribution is 7.98. The molecule has 0 bridgehead atoms. The van der Waals surface area contributed by atoms with E-state index in [4.69, 9.17) is 11.1 Å². The lowest BCUT2D eigenvalue weighted by Gasteiger charge is -2.03. The molecule has 2 rings (SSSR count). The number of aromatic nitrogens is 3. The number of aromatic amines is 1. The number of hydrogen-bond donors (Lipinski definition) is 3. The molecule has 0 amide bonds. The Hall–Kier alpha value is -2.02. The molecule has 0 aliphatic rings. The molecule has 2 aromatic rings. The van der Waals surface area contributed by atoms with Gasteiger partial charge < -0.3 is 5.73 Å². The summed E-state index contributed by atoms with van der Waals surface area (Å²) in [5.41, 5.74) is 6.93. The first-order valence-corrected chi connectivity index (χ1v) is 6.24. The standard InChI is InChI=1S/C11H13N5OS/c1-16-10(17)14-15-11(16)18-6-7-3-2-4-8(5-7)9(12)13/h2-5H,6H2,1H3,(H3,12,13)(H,14,17). The van der Waals surface area contributed by atoms with E-state index in [1.807, 2.05) is 18.2 Å². The van der Waals surface area contributed by atoms with Crippen LogP contribution in [0.15, 0.2) is 34.2 Å². The van der Waals surface area contributed by atoms with Crippen LogP contribution in [-0.4, -0.2) is 20.6 Å². The van der Waals surface area contributed by atoms with Crippen molar-refractivity contribution >= 4 is 17.6 Å². The molecule has 18 heavy (non-hydrogen) atoms. The van der Waals surface area contributed by atoms with Gasteiger partial charge in [0.25, 0.3) is 0 Å². The molecule has 0 fully saturated rings. The Morgan fingerprint density at radius 2 is 2.39 bits per heavy atom. The maximum atomic E-state index is 11.2. The van der Waals surface area contributed by atoms with Gasteiger partial charge in [0.1, 0.15) is 5.84 Å². The fourth-order valence-electron chi connectivity index (χ4n) is 1.44. The molecule has 1 aromatic carbocycles. The van der Waals surface area contributed by atoms with E-state index in [1.54, 1.807) is 13.1 Å². The number of thioether (sulfide) groups is 1. The van der Waals surface area contributed by atoms with Gasteiger partial charge in [0.15, 0.2) is 5.16 Å². The number of nitrogens with one attached hydrogen (secondary N) is 2. The maximum Gasteiger partial charge on any atom is 0.343 e. The van der Waals surface area contributed by atoms with Crippen LogP contribution in [0.2, 0.25) is 0 Å². The Kier molecular flexibility index (Phi) is 3.52. The first-order valence-electron chi connectivity index (χ1n) is 5.25. The van der Waals surface area contributed by atoms with Crippen molar-refractivity contribution in [2.75, 3.05) is 0 Å². The molecule has 0 radical (unpaired) electrons. The van der Waals surface area contributed by atoms with E-state index >= 15 is 0 Å². The molecule has 0 atom stereocenters. The Morgan fingerprint density at radius 3 is 3.00 bits per heavy atom. The number of nitrogen functional groups attached to an aromatic ring is 1. The Morgan fingerprint density at radius 1 is 1.61 bits per heavy atom. The molecule has 1 heterocycles. The lowest BCUT2D eigenvalue weighted by atomic mass is 10.1. The molecule has 0 saturated carbocycles. The van der Waals surface area contributed by atoms with Crippen molar-refractivity contribution in [3.63, 3.8) is 0 Å².